The summed E-state index contributed by atoms with van der Waals surface area (Å²) < 4.78 is 19.0. The van der Waals surface area contributed by atoms with Gasteiger partial charge in [0.1, 0.15) is 10.6 Å². The predicted molar refractivity (Wildman–Crippen MR) is 121 cm³/mol. The average molecular weight is 494 g/mol. The number of fused-ring (bicyclic) bond motifs is 1. The molecule has 1 saturated carbocycles. The molecule has 2 heterocycles. The van der Waals surface area contributed by atoms with Gasteiger partial charge < -0.3 is 20.1 Å². The molecule has 33 heavy (non-hydrogen) atoms. The molecule has 0 saturated heterocycles. The minimum Gasteiger partial charge on any atom is -0.481 e. The van der Waals surface area contributed by atoms with Crippen LogP contribution in [0.15, 0.2) is 28.4 Å². The lowest BCUT2D eigenvalue weighted by Crippen LogP contribution is -2.27. The van der Waals surface area contributed by atoms with E-state index in [9.17, 15) is 18.8 Å². The first-order chi connectivity index (χ1) is 15.8. The van der Waals surface area contributed by atoms with Crippen LogP contribution in [0, 0.1) is 17.7 Å². The van der Waals surface area contributed by atoms with Crippen LogP contribution in [0.4, 0.5) is 4.39 Å². The van der Waals surface area contributed by atoms with Gasteiger partial charge in [0.05, 0.1) is 22.9 Å². The van der Waals surface area contributed by atoms with Crippen LogP contribution in [-0.2, 0) is 22.7 Å². The zero-order valence-electron chi connectivity index (χ0n) is 17.4. The largest absolute Gasteiger partial charge is 0.481 e. The highest BCUT2D eigenvalue weighted by Gasteiger charge is 2.29. The summed E-state index contributed by atoms with van der Waals surface area (Å²) >= 11 is 6.98. The average Bonchev–Trinajstić information content (AvgIpc) is 3.42. The minimum atomic E-state index is -0.764. The van der Waals surface area contributed by atoms with Gasteiger partial charge in [-0.15, -0.1) is 11.3 Å². The van der Waals surface area contributed by atoms with Gasteiger partial charge in [0, 0.05) is 18.7 Å². The van der Waals surface area contributed by atoms with Crippen LogP contribution >= 0.6 is 22.9 Å². The van der Waals surface area contributed by atoms with E-state index < -0.39 is 23.3 Å². The van der Waals surface area contributed by atoms with Crippen LogP contribution in [0.25, 0.3) is 10.2 Å². The van der Waals surface area contributed by atoms with Gasteiger partial charge in [0.2, 0.25) is 5.82 Å². The predicted octanol–water partition coefficient (Wildman–Crippen LogP) is 3.72. The highest BCUT2D eigenvalue weighted by molar-refractivity contribution is 7.16. The number of nitrogens with one attached hydrogen (secondary N) is 2. The summed E-state index contributed by atoms with van der Waals surface area (Å²) in [5.41, 5.74) is 0.830. The van der Waals surface area contributed by atoms with Crippen molar-refractivity contribution >= 4 is 45.0 Å². The third kappa shape index (κ3) is 5.40. The first-order valence-electron chi connectivity index (χ1n) is 10.3. The van der Waals surface area contributed by atoms with Crippen molar-refractivity contribution < 1.29 is 23.8 Å². The van der Waals surface area contributed by atoms with Gasteiger partial charge >= 0.3 is 5.97 Å². The maximum atomic E-state index is 13.3. The van der Waals surface area contributed by atoms with Crippen molar-refractivity contribution in [2.24, 2.45) is 11.8 Å². The molecule has 1 amide bonds. The Balaban J connectivity index is 1.38. The quantitative estimate of drug-likeness (QED) is 0.439. The monoisotopic (exact) mass is 493 g/mol. The summed E-state index contributed by atoms with van der Waals surface area (Å²) in [5.74, 6) is -2.12. The normalized spacial score (nSPS) is 18.0. The number of halogens is 2. The highest BCUT2D eigenvalue weighted by Crippen LogP contribution is 2.31. The number of carboxylic acid groups (broad SMARTS) is 1. The lowest BCUT2D eigenvalue weighted by molar-refractivity contribution is -0.141. The molecule has 2 aromatic heterocycles. The van der Waals surface area contributed by atoms with E-state index in [-0.39, 0.29) is 35.8 Å². The van der Waals surface area contributed by atoms with Crippen molar-refractivity contribution in [3.63, 3.8) is 0 Å². The Morgan fingerprint density at radius 1 is 1.36 bits per heavy atom. The third-order valence-electron chi connectivity index (χ3n) is 5.67. The first kappa shape index (κ1) is 23.3. The molecule has 174 valence electrons. The van der Waals surface area contributed by atoms with Crippen molar-refractivity contribution in [3.05, 3.63) is 61.7 Å². The fourth-order valence-electron chi connectivity index (χ4n) is 3.92. The van der Waals surface area contributed by atoms with Crippen LogP contribution < -0.4 is 10.9 Å². The molecule has 0 bridgehead atoms. The van der Waals surface area contributed by atoms with Crippen LogP contribution in [0.3, 0.4) is 0 Å². The second-order valence-corrected chi connectivity index (χ2v) is 9.28. The summed E-state index contributed by atoms with van der Waals surface area (Å²) in [6.07, 6.45) is 2.07. The molecular formula is C22H21ClFN3O5S. The Hall–Kier alpha value is -2.82. The number of thiophene rings is 1. The van der Waals surface area contributed by atoms with Gasteiger partial charge in [-0.1, -0.05) is 17.7 Å². The summed E-state index contributed by atoms with van der Waals surface area (Å²) in [6.45, 7) is 0.726. The van der Waals surface area contributed by atoms with Gasteiger partial charge in [-0.2, -0.15) is 0 Å². The van der Waals surface area contributed by atoms with E-state index in [1.807, 2.05) is 0 Å². The van der Waals surface area contributed by atoms with E-state index in [4.69, 9.17) is 21.4 Å². The molecule has 0 radical (unpaired) electrons. The smallest absolute Gasteiger partial charge is 0.306 e. The molecule has 0 spiro atoms. The van der Waals surface area contributed by atoms with E-state index >= 15 is 0 Å². The van der Waals surface area contributed by atoms with E-state index in [0.29, 0.717) is 40.8 Å². The van der Waals surface area contributed by atoms with E-state index in [0.717, 1.165) is 6.42 Å². The van der Waals surface area contributed by atoms with Gasteiger partial charge in [0.15, 0.2) is 0 Å². The zero-order valence-corrected chi connectivity index (χ0v) is 19.0. The van der Waals surface area contributed by atoms with Crippen LogP contribution in [0.2, 0.25) is 5.02 Å². The summed E-state index contributed by atoms with van der Waals surface area (Å²) in [5, 5.41) is 13.8. The molecule has 4 rings (SSSR count). The Morgan fingerprint density at radius 2 is 2.18 bits per heavy atom. The molecule has 8 nitrogen and oxygen atoms in total. The topological polar surface area (TPSA) is 121 Å². The number of ether oxygens (including phenoxy) is 1. The lowest BCUT2D eigenvalue weighted by atomic mass is 10.1. The number of aromatic amines is 1. The molecule has 1 aliphatic carbocycles. The molecule has 1 aliphatic rings. The van der Waals surface area contributed by atoms with Gasteiger partial charge in [0.25, 0.3) is 11.5 Å². The van der Waals surface area contributed by atoms with Crippen LogP contribution in [-0.4, -0.2) is 33.6 Å². The Kier molecular flexibility index (Phi) is 7.06. The minimum absolute atomic E-state index is 0.0438. The molecular weight excluding hydrogens is 473 g/mol. The van der Waals surface area contributed by atoms with E-state index in [2.05, 4.69) is 15.3 Å². The number of hydrogen-bond acceptors (Lipinski definition) is 6. The summed E-state index contributed by atoms with van der Waals surface area (Å²) in [7, 11) is 0. The van der Waals surface area contributed by atoms with Crippen LogP contribution in [0.5, 0.6) is 0 Å². The number of carbonyl (C=O) groups excluding carboxylic acids is 1. The summed E-state index contributed by atoms with van der Waals surface area (Å²) in [6, 6.07) is 4.12. The number of aromatic nitrogens is 2. The zero-order chi connectivity index (χ0) is 23.5. The van der Waals surface area contributed by atoms with Crippen molar-refractivity contribution in [2.45, 2.75) is 32.4 Å². The van der Waals surface area contributed by atoms with E-state index in [1.165, 1.54) is 29.5 Å². The number of carboxylic acids is 1. The molecule has 1 fully saturated rings. The molecule has 2 atom stereocenters. The number of rotatable bonds is 8. The summed E-state index contributed by atoms with van der Waals surface area (Å²) in [4.78, 5) is 43.3. The fourth-order valence-corrected chi connectivity index (χ4v) is 5.05. The Morgan fingerprint density at radius 3 is 2.91 bits per heavy atom. The second kappa shape index (κ2) is 9.98. The van der Waals surface area contributed by atoms with Crippen molar-refractivity contribution in [1.29, 1.82) is 0 Å². The standard InChI is InChI=1S/C22H21ClFN3O5S/c23-15-6-11(2-4-16(15)24)7-25-20(29)18-26-19(28)17-14(10-33-21(17)27-18)9-32-8-12-1-3-13(5-12)22(30)31/h2,4,6,10,12-13H,1,3,5,7-9H2,(H,25,29)(H,30,31)(H,26,27,28). The van der Waals surface area contributed by atoms with Gasteiger partial charge in [-0.25, -0.2) is 9.37 Å². The highest BCUT2D eigenvalue weighted by atomic mass is 35.5. The molecule has 0 aliphatic heterocycles. The number of aliphatic carboxylic acids is 1. The number of carbonyl (C=O) groups is 2. The number of benzene rings is 1. The maximum Gasteiger partial charge on any atom is 0.306 e. The molecule has 3 N–H and O–H groups in total. The van der Waals surface area contributed by atoms with Crippen molar-refractivity contribution in [2.75, 3.05) is 6.61 Å². The number of amides is 1. The molecule has 11 heteroatoms. The van der Waals surface area contributed by atoms with Gasteiger partial charge in [-0.05, 0) is 48.3 Å². The van der Waals surface area contributed by atoms with Crippen molar-refractivity contribution in [3.8, 4) is 0 Å². The SMILES string of the molecule is O=C(NCc1ccc(F)c(Cl)c1)c1nc2scc(COCC3CCC(C(=O)O)C3)c2c(=O)[nH]1. The van der Waals surface area contributed by atoms with E-state index in [1.54, 1.807) is 5.38 Å². The molecule has 3 aromatic rings. The molecule has 1 aromatic carbocycles. The lowest BCUT2D eigenvalue weighted by Gasteiger charge is -2.10. The number of hydrogen-bond donors (Lipinski definition) is 3. The Bertz CT molecular complexity index is 1260. The molecule has 2 unspecified atom stereocenters. The fraction of sp³-hybridized carbons (Fsp3) is 0.364. The van der Waals surface area contributed by atoms with Crippen molar-refractivity contribution in [1.82, 2.24) is 15.3 Å². The third-order valence-corrected chi connectivity index (χ3v) is 6.88. The first-order valence-corrected chi connectivity index (χ1v) is 11.6. The maximum absolute atomic E-state index is 13.3. The number of H-pyrrole nitrogens is 1. The Labute approximate surface area is 196 Å². The second-order valence-electron chi connectivity index (χ2n) is 8.02. The van der Waals surface area contributed by atoms with Gasteiger partial charge in [-0.3, -0.25) is 14.4 Å². The number of nitrogens with zero attached hydrogens (tertiary/aromatic N) is 1. The van der Waals surface area contributed by atoms with Crippen LogP contribution in [0.1, 0.15) is 41.0 Å².